The van der Waals surface area contributed by atoms with Gasteiger partial charge in [0.25, 0.3) is 0 Å². The summed E-state index contributed by atoms with van der Waals surface area (Å²) >= 11 is 1.58. The lowest BCUT2D eigenvalue weighted by molar-refractivity contribution is -0.136. The van der Waals surface area contributed by atoms with Gasteiger partial charge in [-0.25, -0.2) is 9.37 Å². The molecule has 4 rings (SSSR count). The number of ether oxygens (including phenoxy) is 2. The highest BCUT2D eigenvalue weighted by Crippen LogP contribution is 2.17. The minimum atomic E-state index is -0.274. The summed E-state index contributed by atoms with van der Waals surface area (Å²) in [7, 11) is 0. The van der Waals surface area contributed by atoms with Crippen LogP contribution in [0, 0.1) is 5.82 Å². The zero-order valence-corrected chi connectivity index (χ0v) is 17.8. The fourth-order valence-electron chi connectivity index (χ4n) is 3.60. The van der Waals surface area contributed by atoms with Crippen LogP contribution in [0.3, 0.4) is 0 Å². The average molecular weight is 435 g/mol. The van der Waals surface area contributed by atoms with Gasteiger partial charge in [0.05, 0.1) is 25.5 Å². The van der Waals surface area contributed by atoms with Crippen LogP contribution < -0.4 is 4.74 Å². The molecule has 9 heteroatoms. The molecule has 7 nitrogen and oxygen atoms in total. The molecule has 0 aliphatic carbocycles. The van der Waals surface area contributed by atoms with Crippen LogP contribution in [-0.2, 0) is 22.7 Å². The van der Waals surface area contributed by atoms with Crippen molar-refractivity contribution >= 4 is 17.2 Å². The number of nitrogens with zero attached hydrogens (tertiary/aromatic N) is 4. The number of carbonyl (C=O) groups excluding carboxylic acids is 1. The second-order valence-corrected chi connectivity index (χ2v) is 8.46. The molecule has 0 bridgehead atoms. The number of piperazine rings is 1. The minimum Gasteiger partial charge on any atom is -0.486 e. The van der Waals surface area contributed by atoms with Crippen molar-refractivity contribution in [3.05, 3.63) is 46.2 Å². The third-order valence-electron chi connectivity index (χ3n) is 5.35. The van der Waals surface area contributed by atoms with Crippen molar-refractivity contribution in [2.24, 2.45) is 0 Å². The monoisotopic (exact) mass is 434 g/mol. The van der Waals surface area contributed by atoms with E-state index in [2.05, 4.69) is 20.2 Å². The van der Waals surface area contributed by atoms with Crippen molar-refractivity contribution < 1.29 is 18.7 Å². The lowest BCUT2D eigenvalue weighted by atomic mass is 10.3. The van der Waals surface area contributed by atoms with E-state index < -0.39 is 0 Å². The maximum absolute atomic E-state index is 13.0. The zero-order valence-electron chi connectivity index (χ0n) is 17.0. The molecule has 2 aliphatic heterocycles. The predicted molar refractivity (Wildman–Crippen MR) is 112 cm³/mol. The Bertz CT molecular complexity index is 818. The predicted octanol–water partition coefficient (Wildman–Crippen LogP) is 1.84. The van der Waals surface area contributed by atoms with E-state index in [0.717, 1.165) is 43.4 Å². The fourth-order valence-corrected chi connectivity index (χ4v) is 4.30. The first-order valence-corrected chi connectivity index (χ1v) is 11.2. The maximum atomic E-state index is 13.0. The molecule has 0 saturated carbocycles. The van der Waals surface area contributed by atoms with E-state index in [-0.39, 0.29) is 11.7 Å². The summed E-state index contributed by atoms with van der Waals surface area (Å²) in [6.45, 7) is 8.01. The van der Waals surface area contributed by atoms with E-state index in [1.807, 2.05) is 4.90 Å². The Hall–Kier alpha value is -2.07. The van der Waals surface area contributed by atoms with E-state index in [4.69, 9.17) is 9.47 Å². The van der Waals surface area contributed by atoms with Crippen LogP contribution in [0.1, 0.15) is 10.7 Å². The Labute approximate surface area is 180 Å². The summed E-state index contributed by atoms with van der Waals surface area (Å²) in [5.41, 5.74) is 1.04. The molecule has 2 fully saturated rings. The van der Waals surface area contributed by atoms with Crippen LogP contribution in [0.25, 0.3) is 0 Å². The fraction of sp³-hybridized carbons (Fsp3) is 0.524. The molecule has 1 amide bonds. The van der Waals surface area contributed by atoms with Crippen molar-refractivity contribution in [2.75, 3.05) is 59.0 Å². The Morgan fingerprint density at radius 3 is 2.50 bits per heavy atom. The van der Waals surface area contributed by atoms with Gasteiger partial charge < -0.3 is 14.4 Å². The molecule has 3 heterocycles. The highest BCUT2D eigenvalue weighted by molar-refractivity contribution is 7.09. The summed E-state index contributed by atoms with van der Waals surface area (Å²) in [5.74, 6) is 0.567. The van der Waals surface area contributed by atoms with E-state index in [1.165, 1.54) is 12.1 Å². The molecule has 1 aromatic heterocycles. The number of rotatable bonds is 7. The first-order chi connectivity index (χ1) is 14.7. The van der Waals surface area contributed by atoms with Crippen LogP contribution in [0.15, 0.2) is 29.6 Å². The molecule has 0 unspecified atom stereocenters. The quantitative estimate of drug-likeness (QED) is 0.663. The molecule has 0 radical (unpaired) electrons. The topological polar surface area (TPSA) is 58.1 Å². The van der Waals surface area contributed by atoms with Crippen LogP contribution in [0.2, 0.25) is 0 Å². The van der Waals surface area contributed by atoms with Crippen molar-refractivity contribution in [1.82, 2.24) is 19.7 Å². The standard InChI is InChI=1S/C21H27FN4O3S/c22-17-1-3-19(4-2-17)29-15-20-23-18(16-30-20)13-24-5-7-25(8-6-24)14-21(27)26-9-11-28-12-10-26/h1-4,16H,5-15H2. The van der Waals surface area contributed by atoms with Crippen LogP contribution in [0.4, 0.5) is 4.39 Å². The van der Waals surface area contributed by atoms with Gasteiger partial charge in [-0.1, -0.05) is 0 Å². The summed E-state index contributed by atoms with van der Waals surface area (Å²) in [6.07, 6.45) is 0. The summed E-state index contributed by atoms with van der Waals surface area (Å²) in [6, 6.07) is 6.01. The third kappa shape index (κ3) is 5.98. The highest BCUT2D eigenvalue weighted by atomic mass is 32.1. The Kier molecular flexibility index (Phi) is 7.27. The van der Waals surface area contributed by atoms with Crippen molar-refractivity contribution in [3.8, 4) is 5.75 Å². The van der Waals surface area contributed by atoms with Gasteiger partial charge in [0.1, 0.15) is 23.2 Å². The number of halogens is 1. The maximum Gasteiger partial charge on any atom is 0.236 e. The second-order valence-electron chi connectivity index (χ2n) is 7.52. The number of thiazole rings is 1. The van der Waals surface area contributed by atoms with Gasteiger partial charge in [-0.2, -0.15) is 0 Å². The third-order valence-corrected chi connectivity index (χ3v) is 6.22. The van der Waals surface area contributed by atoms with Gasteiger partial charge >= 0.3 is 0 Å². The molecule has 1 aromatic carbocycles. The summed E-state index contributed by atoms with van der Waals surface area (Å²) < 4.78 is 23.9. The second kappa shape index (κ2) is 10.3. The number of benzene rings is 1. The molecule has 0 atom stereocenters. The molecule has 2 aliphatic rings. The van der Waals surface area contributed by atoms with E-state index >= 15 is 0 Å². The first kappa shape index (κ1) is 21.2. The molecule has 2 saturated heterocycles. The van der Waals surface area contributed by atoms with Crippen LogP contribution in [-0.4, -0.2) is 84.6 Å². The molecule has 162 valence electrons. The summed E-state index contributed by atoms with van der Waals surface area (Å²) in [4.78, 5) is 23.6. The van der Waals surface area contributed by atoms with Gasteiger partial charge in [0, 0.05) is 51.2 Å². The highest BCUT2D eigenvalue weighted by Gasteiger charge is 2.23. The molecular weight excluding hydrogens is 407 g/mol. The minimum absolute atomic E-state index is 0.206. The number of aromatic nitrogens is 1. The van der Waals surface area contributed by atoms with Crippen molar-refractivity contribution in [2.45, 2.75) is 13.2 Å². The number of hydrogen-bond acceptors (Lipinski definition) is 7. The van der Waals surface area contributed by atoms with Gasteiger partial charge in [0.2, 0.25) is 5.91 Å². The number of morpholine rings is 1. The largest absolute Gasteiger partial charge is 0.486 e. The Morgan fingerprint density at radius 2 is 1.77 bits per heavy atom. The van der Waals surface area contributed by atoms with Crippen LogP contribution >= 0.6 is 11.3 Å². The van der Waals surface area contributed by atoms with Crippen molar-refractivity contribution in [1.29, 1.82) is 0 Å². The number of hydrogen-bond donors (Lipinski definition) is 0. The first-order valence-electron chi connectivity index (χ1n) is 10.3. The lowest BCUT2D eigenvalue weighted by Crippen LogP contribution is -2.51. The Morgan fingerprint density at radius 1 is 1.07 bits per heavy atom. The Balaban J connectivity index is 1.18. The number of amides is 1. The zero-order chi connectivity index (χ0) is 20.8. The summed E-state index contributed by atoms with van der Waals surface area (Å²) in [5, 5.41) is 2.97. The van der Waals surface area contributed by atoms with Crippen molar-refractivity contribution in [3.63, 3.8) is 0 Å². The van der Waals surface area contributed by atoms with E-state index in [0.29, 0.717) is 45.2 Å². The normalized spacial score (nSPS) is 18.5. The van der Waals surface area contributed by atoms with Gasteiger partial charge in [-0.3, -0.25) is 14.6 Å². The molecule has 0 spiro atoms. The smallest absolute Gasteiger partial charge is 0.236 e. The SMILES string of the molecule is O=C(CN1CCN(Cc2csc(COc3ccc(F)cc3)n2)CC1)N1CCOCC1. The molecular formula is C21H27FN4O3S. The van der Waals surface area contributed by atoms with Gasteiger partial charge in [-0.05, 0) is 24.3 Å². The molecule has 0 N–H and O–H groups in total. The molecule has 30 heavy (non-hydrogen) atoms. The van der Waals surface area contributed by atoms with Crippen LogP contribution in [0.5, 0.6) is 5.75 Å². The van der Waals surface area contributed by atoms with E-state index in [9.17, 15) is 9.18 Å². The van der Waals surface area contributed by atoms with E-state index in [1.54, 1.807) is 23.5 Å². The lowest BCUT2D eigenvalue weighted by Gasteiger charge is -2.35. The molecule has 2 aromatic rings. The van der Waals surface area contributed by atoms with Gasteiger partial charge in [-0.15, -0.1) is 11.3 Å². The number of carbonyl (C=O) groups is 1. The van der Waals surface area contributed by atoms with Gasteiger partial charge in [0.15, 0.2) is 0 Å². The average Bonchev–Trinajstić information content (AvgIpc) is 3.22.